The van der Waals surface area contributed by atoms with E-state index >= 15 is 0 Å². The van der Waals surface area contributed by atoms with E-state index in [1.54, 1.807) is 57.5 Å². The minimum Gasteiger partial charge on any atom is -0.391 e. The fourth-order valence-corrected chi connectivity index (χ4v) is 9.68. The number of thiazole rings is 1. The third-order valence-electron chi connectivity index (χ3n) is 12.8. The summed E-state index contributed by atoms with van der Waals surface area (Å²) >= 11 is 1.56. The number of aliphatic hydroxyl groups excluding tert-OH is 1. The summed E-state index contributed by atoms with van der Waals surface area (Å²) in [4.78, 5) is 72.8. The van der Waals surface area contributed by atoms with Crippen LogP contribution in [-0.4, -0.2) is 123 Å². The first-order chi connectivity index (χ1) is 35.3. The Bertz CT molecular complexity index is 2910. The van der Waals surface area contributed by atoms with Gasteiger partial charge in [0.05, 0.1) is 59.7 Å². The van der Waals surface area contributed by atoms with Crippen LogP contribution in [0.2, 0.25) is 0 Å². The molecule has 0 saturated carbocycles. The molecule has 1 aliphatic rings. The molecule has 5 N–H and O–H groups in total. The van der Waals surface area contributed by atoms with Crippen LogP contribution in [0.3, 0.4) is 0 Å². The number of ether oxygens (including phenoxy) is 2. The predicted molar refractivity (Wildman–Crippen MR) is 274 cm³/mol. The molecule has 2 unspecified atom stereocenters. The number of aryl methyl sites for hydroxylation is 2. The zero-order valence-electron chi connectivity index (χ0n) is 42.2. The molecule has 7 rings (SSSR count). The summed E-state index contributed by atoms with van der Waals surface area (Å²) in [5.74, 6) is -1.59. The maximum atomic E-state index is 14.0. The van der Waals surface area contributed by atoms with Gasteiger partial charge in [-0.15, -0.1) is 11.3 Å². The number of amides is 5. The fraction of sp³-hybridized carbons (Fsp3) is 0.453. The number of halogens is 3. The van der Waals surface area contributed by atoms with Crippen LogP contribution in [0.1, 0.15) is 86.5 Å². The number of aliphatic hydroxyl groups is 1. The third kappa shape index (κ3) is 14.1. The first-order valence-electron chi connectivity index (χ1n) is 24.7. The van der Waals surface area contributed by atoms with E-state index in [1.807, 2.05) is 52.0 Å². The van der Waals surface area contributed by atoms with Crippen LogP contribution in [0.5, 0.6) is 0 Å². The van der Waals surface area contributed by atoms with Crippen molar-refractivity contribution in [1.29, 1.82) is 0 Å². The molecule has 1 fully saturated rings. The summed E-state index contributed by atoms with van der Waals surface area (Å²) in [6, 6.07) is 16.0. The highest BCUT2D eigenvalue weighted by Gasteiger charge is 2.44. The average Bonchev–Trinajstić information content (AvgIpc) is 4.14. The van der Waals surface area contributed by atoms with Gasteiger partial charge in [-0.3, -0.25) is 33.2 Å². The van der Waals surface area contributed by atoms with Crippen molar-refractivity contribution < 1.29 is 51.7 Å². The van der Waals surface area contributed by atoms with Crippen LogP contribution < -0.4 is 21.3 Å². The number of benzene rings is 3. The lowest BCUT2D eigenvalue weighted by Gasteiger charge is -2.35. The summed E-state index contributed by atoms with van der Waals surface area (Å²) in [5.41, 5.74) is 5.39. The first kappa shape index (κ1) is 55.1. The van der Waals surface area contributed by atoms with E-state index in [9.17, 15) is 42.3 Å². The van der Waals surface area contributed by atoms with E-state index < -0.39 is 41.2 Å². The van der Waals surface area contributed by atoms with Crippen molar-refractivity contribution in [2.45, 2.75) is 97.1 Å². The maximum Gasteiger partial charge on any atom is 0.416 e. The molecule has 3 aromatic heterocycles. The van der Waals surface area contributed by atoms with Gasteiger partial charge in [-0.05, 0) is 78.8 Å². The number of rotatable bonds is 23. The van der Waals surface area contributed by atoms with Gasteiger partial charge in [0.2, 0.25) is 23.6 Å². The molecule has 396 valence electrons. The van der Waals surface area contributed by atoms with Crippen molar-refractivity contribution in [2.75, 3.05) is 46.1 Å². The van der Waals surface area contributed by atoms with Gasteiger partial charge >= 0.3 is 6.18 Å². The number of hydrogen-bond acceptors (Lipinski definition) is 11. The minimum atomic E-state index is -4.46. The second kappa shape index (κ2) is 24.6. The molecule has 3 aromatic carbocycles. The van der Waals surface area contributed by atoms with Crippen molar-refractivity contribution in [2.24, 2.45) is 12.5 Å². The summed E-state index contributed by atoms with van der Waals surface area (Å²) < 4.78 is 54.2. The second-order valence-corrected chi connectivity index (χ2v) is 20.3. The van der Waals surface area contributed by atoms with Crippen molar-refractivity contribution in [3.05, 3.63) is 101 Å². The summed E-state index contributed by atoms with van der Waals surface area (Å²) in [6.07, 6.45) is -1.34. The largest absolute Gasteiger partial charge is 0.416 e. The van der Waals surface area contributed by atoms with Crippen LogP contribution in [0.25, 0.3) is 38.1 Å². The highest BCUT2D eigenvalue weighted by atomic mass is 32.1. The quantitative estimate of drug-likeness (QED) is 0.0434. The van der Waals surface area contributed by atoms with Gasteiger partial charge in [0, 0.05) is 80.7 Å². The average molecular weight is 1040 g/mol. The number of carbonyl (C=O) groups excluding carboxylic acids is 5. The topological polar surface area (TPSA) is 211 Å². The van der Waals surface area contributed by atoms with Crippen molar-refractivity contribution in [1.82, 2.24) is 45.5 Å². The van der Waals surface area contributed by atoms with E-state index in [2.05, 4.69) is 31.3 Å². The standard InChI is InChI=1S/C53H64F3N9O8S/c1-33-46(74-32-60-33)35-13-11-34(12-14-35)29-59-50(70)43-28-39(66)30-64(43)51(71)47(52(2,3)4)61-45(68)10-8-6-7-9-44(67)57-21-23-72-25-26-73-24-22-58-49(69)36-15-20-42-40(27-36)41-31-63(5)62-48(41)65(42)38-18-16-37(17-19-38)53(54,55)56/h11-20,27,31-32,39,43,47,66H,6-10,21-26,28-30H2,1-5H3,(H,57,67)(H,58,69)(H,59,70)(H,61,68)/t39?,43-,47?/m0/s1. The van der Waals surface area contributed by atoms with Gasteiger partial charge in [-0.1, -0.05) is 51.5 Å². The molecule has 0 spiro atoms. The number of unbranched alkanes of at least 4 members (excludes halogenated alkanes) is 2. The Morgan fingerprint density at radius 3 is 2.16 bits per heavy atom. The molecule has 0 radical (unpaired) electrons. The number of nitrogens with zero attached hydrogens (tertiary/aromatic N) is 5. The van der Waals surface area contributed by atoms with Crippen LogP contribution in [0, 0.1) is 12.3 Å². The number of likely N-dealkylation sites (tertiary alicyclic amines) is 1. The molecule has 0 bridgehead atoms. The highest BCUT2D eigenvalue weighted by molar-refractivity contribution is 7.13. The number of nitrogens with one attached hydrogen (secondary N) is 4. The molecule has 1 saturated heterocycles. The van der Waals surface area contributed by atoms with E-state index in [1.165, 1.54) is 17.0 Å². The number of alkyl halides is 3. The SMILES string of the molecule is Cc1ncsc1-c1ccc(CNC(=O)[C@@H]2CC(O)CN2C(=O)C(NC(=O)CCCCCC(=O)NCCOCCOCCNC(=O)c2ccc3c(c2)c2cn(C)nc2n3-c2ccc(C(F)(F)F)cc2)C(C)(C)C)cc1. The summed E-state index contributed by atoms with van der Waals surface area (Å²) in [5, 5.41) is 28.0. The lowest BCUT2D eigenvalue weighted by atomic mass is 9.85. The Labute approximate surface area is 431 Å². The van der Waals surface area contributed by atoms with Crippen LogP contribution in [0.15, 0.2) is 78.4 Å². The van der Waals surface area contributed by atoms with Gasteiger partial charge in [0.25, 0.3) is 5.91 Å². The Kier molecular flexibility index (Phi) is 18.3. The summed E-state index contributed by atoms with van der Waals surface area (Å²) in [6.45, 7) is 9.30. The second-order valence-electron chi connectivity index (χ2n) is 19.5. The Morgan fingerprint density at radius 2 is 1.51 bits per heavy atom. The predicted octanol–water partition coefficient (Wildman–Crippen LogP) is 6.61. The number of aromatic nitrogens is 4. The molecule has 74 heavy (non-hydrogen) atoms. The molecular weight excluding hydrogens is 980 g/mol. The van der Waals surface area contributed by atoms with Crippen molar-refractivity contribution >= 4 is 62.8 Å². The number of hydrogen-bond donors (Lipinski definition) is 5. The lowest BCUT2D eigenvalue weighted by Crippen LogP contribution is -2.57. The van der Waals surface area contributed by atoms with Crippen LogP contribution >= 0.6 is 11.3 Å². The minimum absolute atomic E-state index is 0.0201. The molecule has 17 nitrogen and oxygen atoms in total. The highest BCUT2D eigenvalue weighted by Crippen LogP contribution is 2.35. The third-order valence-corrected chi connectivity index (χ3v) is 13.7. The van der Waals surface area contributed by atoms with Gasteiger partial charge in [-0.2, -0.15) is 18.3 Å². The lowest BCUT2D eigenvalue weighted by molar-refractivity contribution is -0.144. The van der Waals surface area contributed by atoms with Gasteiger partial charge in [0.15, 0.2) is 5.65 Å². The molecule has 3 atom stereocenters. The number of carbonyl (C=O) groups is 5. The van der Waals surface area contributed by atoms with E-state index in [-0.39, 0.29) is 89.0 Å². The smallest absolute Gasteiger partial charge is 0.391 e. The zero-order chi connectivity index (χ0) is 53.2. The van der Waals surface area contributed by atoms with Gasteiger partial charge in [-0.25, -0.2) is 4.98 Å². The van der Waals surface area contributed by atoms with Crippen molar-refractivity contribution in [3.63, 3.8) is 0 Å². The molecule has 5 amide bonds. The molecule has 1 aliphatic heterocycles. The van der Waals surface area contributed by atoms with Crippen LogP contribution in [-0.2, 0) is 48.4 Å². The monoisotopic (exact) mass is 1040 g/mol. The summed E-state index contributed by atoms with van der Waals surface area (Å²) in [7, 11) is 1.75. The fourth-order valence-electron chi connectivity index (χ4n) is 8.87. The number of β-amino-alcohol motifs (C(OH)–C–C–N with tert-alkyl or cyclic N) is 1. The van der Waals surface area contributed by atoms with Gasteiger partial charge in [0.1, 0.15) is 12.1 Å². The maximum absolute atomic E-state index is 14.0. The van der Waals surface area contributed by atoms with E-state index in [0.717, 1.165) is 44.6 Å². The molecular formula is C53H64F3N9O8S. The Morgan fingerprint density at radius 1 is 0.838 bits per heavy atom. The zero-order valence-corrected chi connectivity index (χ0v) is 43.0. The van der Waals surface area contributed by atoms with E-state index in [0.29, 0.717) is 48.2 Å². The molecule has 4 heterocycles. The Hall–Kier alpha value is -6.68. The van der Waals surface area contributed by atoms with E-state index in [4.69, 9.17) is 9.47 Å². The van der Waals surface area contributed by atoms with Gasteiger partial charge < -0.3 is 40.7 Å². The molecule has 0 aliphatic carbocycles. The Balaban J connectivity index is 0.736. The normalized spacial score (nSPS) is 15.4. The molecule has 6 aromatic rings. The van der Waals surface area contributed by atoms with Crippen molar-refractivity contribution in [3.8, 4) is 16.1 Å². The first-order valence-corrected chi connectivity index (χ1v) is 25.6. The number of fused-ring (bicyclic) bond motifs is 3. The molecule has 21 heteroatoms. The van der Waals surface area contributed by atoms with Crippen LogP contribution in [0.4, 0.5) is 13.2 Å².